The number of halogens is 2. The second kappa shape index (κ2) is 13.0. The van der Waals surface area contributed by atoms with E-state index in [1.165, 1.54) is 42.7 Å². The number of benzene rings is 2. The zero-order valence-electron chi connectivity index (χ0n) is 26.2. The van der Waals surface area contributed by atoms with Gasteiger partial charge >= 0.3 is 18.0 Å². The monoisotopic (exact) mass is 691 g/mol. The van der Waals surface area contributed by atoms with Crippen LogP contribution in [0.25, 0.3) is 0 Å². The normalized spacial score (nSPS) is 19.8. The van der Waals surface area contributed by atoms with E-state index in [1.54, 1.807) is 47.4 Å². The van der Waals surface area contributed by atoms with Crippen LogP contribution in [-0.2, 0) is 19.7 Å². The Morgan fingerprint density at radius 1 is 1.23 bits per heavy atom. The number of urea groups is 1. The van der Waals surface area contributed by atoms with Crippen molar-refractivity contribution in [3.63, 3.8) is 0 Å². The number of esters is 1. The molecule has 3 aliphatic heterocycles. The highest BCUT2D eigenvalue weighted by molar-refractivity contribution is 7.11. The van der Waals surface area contributed by atoms with E-state index in [0.29, 0.717) is 59.5 Å². The summed E-state index contributed by atoms with van der Waals surface area (Å²) in [5.41, 5.74) is 1.05. The summed E-state index contributed by atoms with van der Waals surface area (Å²) in [5.74, 6) is -1.74. The van der Waals surface area contributed by atoms with Crippen LogP contribution in [0, 0.1) is 17.1 Å². The number of aromatic nitrogens is 1. The van der Waals surface area contributed by atoms with Crippen LogP contribution in [0.2, 0.25) is 5.02 Å². The standard InChI is InChI=1S/C33H31ClFN7O5S/c1-33(2,31(44)45)19-4-7-25(18(12-19)14-36)42-16-21-15-40(9-10-41(21)32(42)46)17-24-26(30(43)47-3)27(22-6-5-20(35)13-23(22)34)39-28(38-24)29-37-8-11-48-29/h4-8,11-13,21,27H,9-10,15-17H2,1-3H3,(H,38,39)(H,44,45)/t21-,27-/m0/s1. The molecular formula is C33H31ClFN7O5S. The zero-order chi connectivity index (χ0) is 34.3. The predicted molar refractivity (Wildman–Crippen MR) is 176 cm³/mol. The number of carbonyl (C=O) groups excluding carboxylic acids is 2. The average molecular weight is 692 g/mol. The Morgan fingerprint density at radius 2 is 2.02 bits per heavy atom. The van der Waals surface area contributed by atoms with Gasteiger partial charge in [-0.25, -0.2) is 19.0 Å². The fourth-order valence-electron chi connectivity index (χ4n) is 6.18. The van der Waals surface area contributed by atoms with Crippen molar-refractivity contribution < 1.29 is 28.6 Å². The maximum Gasteiger partial charge on any atom is 0.338 e. The Labute approximate surface area is 284 Å². The van der Waals surface area contributed by atoms with Crippen molar-refractivity contribution in [2.45, 2.75) is 31.3 Å². The largest absolute Gasteiger partial charge is 0.481 e. The third kappa shape index (κ3) is 6.00. The van der Waals surface area contributed by atoms with Gasteiger partial charge in [0.25, 0.3) is 0 Å². The molecule has 0 aliphatic carbocycles. The minimum atomic E-state index is -1.22. The smallest absolute Gasteiger partial charge is 0.338 e. The summed E-state index contributed by atoms with van der Waals surface area (Å²) >= 11 is 7.84. The van der Waals surface area contributed by atoms with Crippen LogP contribution in [0.1, 0.15) is 41.6 Å². The number of amidine groups is 1. The van der Waals surface area contributed by atoms with Crippen molar-refractivity contribution >= 4 is 52.4 Å². The number of carboxylic acid groups (broad SMARTS) is 1. The van der Waals surface area contributed by atoms with Gasteiger partial charge in [0.2, 0.25) is 0 Å². The minimum absolute atomic E-state index is 0.111. The number of fused-ring (bicyclic) bond motifs is 1. The van der Waals surface area contributed by atoms with E-state index in [4.69, 9.17) is 21.3 Å². The van der Waals surface area contributed by atoms with E-state index in [-0.39, 0.29) is 34.8 Å². The van der Waals surface area contributed by atoms with Crippen LogP contribution in [-0.4, -0.2) is 89.6 Å². The average Bonchev–Trinajstić information content (AvgIpc) is 3.72. The summed E-state index contributed by atoms with van der Waals surface area (Å²) in [7, 11) is 1.28. The van der Waals surface area contributed by atoms with Gasteiger partial charge < -0.3 is 20.1 Å². The summed E-state index contributed by atoms with van der Waals surface area (Å²) in [6.45, 7) is 5.04. The van der Waals surface area contributed by atoms with Crippen LogP contribution in [0.4, 0.5) is 14.9 Å². The Balaban J connectivity index is 1.28. The van der Waals surface area contributed by atoms with Gasteiger partial charge in [0, 0.05) is 60.6 Å². The molecule has 1 aromatic heterocycles. The number of hydrogen-bond donors (Lipinski definition) is 2. The van der Waals surface area contributed by atoms with Gasteiger partial charge in [0.1, 0.15) is 17.9 Å². The molecular weight excluding hydrogens is 661 g/mol. The van der Waals surface area contributed by atoms with E-state index in [0.717, 1.165) is 0 Å². The molecule has 15 heteroatoms. The number of nitrogens with zero attached hydrogens (tertiary/aromatic N) is 6. The number of nitriles is 1. The summed E-state index contributed by atoms with van der Waals surface area (Å²) < 4.78 is 19.2. The minimum Gasteiger partial charge on any atom is -0.481 e. The molecule has 2 amide bonds. The molecule has 6 rings (SSSR count). The van der Waals surface area contributed by atoms with Crippen molar-refractivity contribution in [2.24, 2.45) is 4.99 Å². The number of carboxylic acids is 1. The predicted octanol–water partition coefficient (Wildman–Crippen LogP) is 4.31. The van der Waals surface area contributed by atoms with Crippen molar-refractivity contribution in [2.75, 3.05) is 44.7 Å². The number of hydrogen-bond acceptors (Lipinski definition) is 10. The third-order valence-corrected chi connectivity index (χ3v) is 10.0. The molecule has 3 aliphatic rings. The number of nitrogens with one attached hydrogen (secondary N) is 1. The fourth-order valence-corrected chi connectivity index (χ4v) is 7.04. The molecule has 4 heterocycles. The fraction of sp³-hybridized carbons (Fsp3) is 0.333. The van der Waals surface area contributed by atoms with Gasteiger partial charge in [-0.3, -0.25) is 19.6 Å². The molecule has 2 saturated heterocycles. The van der Waals surface area contributed by atoms with Gasteiger partial charge in [-0.1, -0.05) is 23.7 Å². The number of thiazole rings is 1. The van der Waals surface area contributed by atoms with Gasteiger partial charge in [0.15, 0.2) is 10.8 Å². The number of ether oxygens (including phenoxy) is 1. The molecule has 2 N–H and O–H groups in total. The van der Waals surface area contributed by atoms with E-state index < -0.39 is 29.2 Å². The Morgan fingerprint density at radius 3 is 2.69 bits per heavy atom. The van der Waals surface area contributed by atoms with Gasteiger partial charge in [-0.2, -0.15) is 5.26 Å². The molecule has 0 bridgehead atoms. The number of methoxy groups -OCH3 is 1. The lowest BCUT2D eigenvalue weighted by Crippen LogP contribution is -2.53. The molecule has 2 aromatic carbocycles. The molecule has 3 aromatic rings. The highest BCUT2D eigenvalue weighted by Gasteiger charge is 2.43. The van der Waals surface area contributed by atoms with Crippen LogP contribution in [0.15, 0.2) is 64.2 Å². The molecule has 2 fully saturated rings. The lowest BCUT2D eigenvalue weighted by atomic mass is 9.84. The number of rotatable bonds is 8. The van der Waals surface area contributed by atoms with Gasteiger partial charge in [0.05, 0.1) is 35.4 Å². The number of aliphatic imine (C=N–C) groups is 1. The van der Waals surface area contributed by atoms with E-state index >= 15 is 0 Å². The molecule has 48 heavy (non-hydrogen) atoms. The van der Waals surface area contributed by atoms with Gasteiger partial charge in [-0.15, -0.1) is 11.3 Å². The first-order valence-corrected chi connectivity index (χ1v) is 16.3. The second-order valence-electron chi connectivity index (χ2n) is 12.1. The Hall–Kier alpha value is -4.84. The van der Waals surface area contributed by atoms with Crippen molar-refractivity contribution in [1.29, 1.82) is 5.26 Å². The van der Waals surface area contributed by atoms with Crippen LogP contribution in [0.3, 0.4) is 0 Å². The van der Waals surface area contributed by atoms with Crippen LogP contribution >= 0.6 is 22.9 Å². The van der Waals surface area contributed by atoms with Crippen molar-refractivity contribution in [3.05, 3.63) is 91.8 Å². The van der Waals surface area contributed by atoms with E-state index in [2.05, 4.69) is 21.3 Å². The third-order valence-electron chi connectivity index (χ3n) is 8.91. The van der Waals surface area contributed by atoms with Crippen LogP contribution in [0.5, 0.6) is 0 Å². The zero-order valence-corrected chi connectivity index (χ0v) is 27.8. The van der Waals surface area contributed by atoms with Crippen molar-refractivity contribution in [3.8, 4) is 6.07 Å². The first-order chi connectivity index (χ1) is 22.9. The number of anilines is 1. The van der Waals surface area contributed by atoms with E-state index in [1.807, 2.05) is 0 Å². The lowest BCUT2D eigenvalue weighted by molar-refractivity contribution is -0.142. The first kappa shape index (κ1) is 33.1. The SMILES string of the molecule is COC(=O)C1=C(CN2CCN3C(=O)N(c4ccc(C(C)(C)C(=O)O)cc4C#N)C[C@@H]3C2)NC(c2nccs2)=N[C@H]1c1ccc(F)cc1Cl. The second-order valence-corrected chi connectivity index (χ2v) is 13.4. The Kier molecular flexibility index (Phi) is 8.95. The molecule has 0 unspecified atom stereocenters. The lowest BCUT2D eigenvalue weighted by Gasteiger charge is -2.38. The number of amides is 2. The molecule has 2 atom stereocenters. The summed E-state index contributed by atoms with van der Waals surface area (Å²) in [5, 5.41) is 25.4. The molecule has 0 spiro atoms. The summed E-state index contributed by atoms with van der Waals surface area (Å²) in [6, 6.07) is 9.50. The molecule has 0 radical (unpaired) electrons. The van der Waals surface area contributed by atoms with E-state index in [9.17, 15) is 29.1 Å². The quantitative estimate of drug-likeness (QED) is 0.329. The maximum absolute atomic E-state index is 14.0. The first-order valence-electron chi connectivity index (χ1n) is 15.0. The maximum atomic E-state index is 14.0. The summed E-state index contributed by atoms with van der Waals surface area (Å²) in [4.78, 5) is 53.3. The Bertz CT molecular complexity index is 1910. The molecule has 0 saturated carbocycles. The van der Waals surface area contributed by atoms with Crippen molar-refractivity contribution in [1.82, 2.24) is 20.1 Å². The number of carbonyl (C=O) groups is 3. The number of aliphatic carboxylic acids is 1. The van der Waals surface area contributed by atoms with Crippen LogP contribution < -0.4 is 10.2 Å². The molecule has 12 nitrogen and oxygen atoms in total. The highest BCUT2D eigenvalue weighted by Crippen LogP contribution is 2.38. The highest BCUT2D eigenvalue weighted by atomic mass is 35.5. The topological polar surface area (TPSA) is 151 Å². The van der Waals surface area contributed by atoms with Gasteiger partial charge in [-0.05, 0) is 43.7 Å². The molecule has 248 valence electrons. The number of piperazine rings is 1. The summed E-state index contributed by atoms with van der Waals surface area (Å²) in [6.07, 6.45) is 1.64.